The van der Waals surface area contributed by atoms with Crippen LogP contribution in [-0.2, 0) is 4.79 Å². The summed E-state index contributed by atoms with van der Waals surface area (Å²) in [5, 5.41) is 8.38. The molecule has 0 fully saturated rings. The number of nitrogens with two attached hydrogens (primary N) is 1. The zero-order chi connectivity index (χ0) is 12.8. The molecule has 0 aliphatic rings. The molecule has 1 atom stereocenters. The van der Waals surface area contributed by atoms with Crippen molar-refractivity contribution in [1.29, 1.82) is 5.26 Å². The van der Waals surface area contributed by atoms with Crippen molar-refractivity contribution < 1.29 is 4.79 Å². The van der Waals surface area contributed by atoms with E-state index < -0.39 is 0 Å². The molecule has 3 nitrogen and oxygen atoms in total. The van der Waals surface area contributed by atoms with Gasteiger partial charge >= 0.3 is 0 Å². The van der Waals surface area contributed by atoms with E-state index in [-0.39, 0.29) is 11.2 Å². The van der Waals surface area contributed by atoms with E-state index in [0.29, 0.717) is 11.5 Å². The molecule has 17 heavy (non-hydrogen) atoms. The molecular weight excluding hydrogens is 232 g/mol. The van der Waals surface area contributed by atoms with Crippen LogP contribution < -0.4 is 5.73 Å². The Bertz CT molecular complexity index is 420. The van der Waals surface area contributed by atoms with Gasteiger partial charge in [-0.1, -0.05) is 26.0 Å². The summed E-state index contributed by atoms with van der Waals surface area (Å²) in [5.41, 5.74) is 6.85. The monoisotopic (exact) mass is 248 g/mol. The Balaban J connectivity index is 2.83. The summed E-state index contributed by atoms with van der Waals surface area (Å²) in [6.07, 6.45) is 0. The smallest absolute Gasteiger partial charge is 0.235 e. The number of hydrogen-bond donors (Lipinski definition) is 1. The van der Waals surface area contributed by atoms with Gasteiger partial charge in [-0.3, -0.25) is 4.79 Å². The summed E-state index contributed by atoms with van der Waals surface area (Å²) < 4.78 is 0. The summed E-state index contributed by atoms with van der Waals surface area (Å²) in [6, 6.07) is 9.05. The third kappa shape index (κ3) is 4.12. The maximum absolute atomic E-state index is 11.4. The van der Waals surface area contributed by atoms with E-state index in [4.69, 9.17) is 11.0 Å². The Morgan fingerprint density at radius 2 is 2.00 bits per heavy atom. The molecule has 0 aliphatic carbocycles. The number of thioether (sulfide) groups is 1. The van der Waals surface area contributed by atoms with E-state index in [0.717, 1.165) is 11.3 Å². The van der Waals surface area contributed by atoms with Crippen molar-refractivity contribution >= 4 is 17.7 Å². The van der Waals surface area contributed by atoms with E-state index in [1.165, 1.54) is 0 Å². The Hall–Kier alpha value is -1.47. The van der Waals surface area contributed by atoms with Gasteiger partial charge in [-0.05, 0) is 29.4 Å². The summed E-state index contributed by atoms with van der Waals surface area (Å²) >= 11 is 1.55. The van der Waals surface area contributed by atoms with Gasteiger partial charge in [-0.25, -0.2) is 0 Å². The highest BCUT2D eigenvalue weighted by molar-refractivity contribution is 8.00. The van der Waals surface area contributed by atoms with Gasteiger partial charge in [0.1, 0.15) is 5.25 Å². The molecule has 0 saturated carbocycles. The van der Waals surface area contributed by atoms with Crippen molar-refractivity contribution in [2.45, 2.75) is 19.1 Å². The maximum Gasteiger partial charge on any atom is 0.235 e. The van der Waals surface area contributed by atoms with Crippen LogP contribution in [0.1, 0.15) is 30.2 Å². The van der Waals surface area contributed by atoms with Gasteiger partial charge in [0.05, 0.1) is 11.6 Å². The quantitative estimate of drug-likeness (QED) is 0.870. The van der Waals surface area contributed by atoms with Crippen molar-refractivity contribution in [2.75, 3.05) is 5.75 Å². The van der Waals surface area contributed by atoms with Crippen LogP contribution in [0.2, 0.25) is 0 Å². The minimum atomic E-state index is -0.333. The number of carbonyl (C=O) groups excluding carboxylic acids is 1. The lowest BCUT2D eigenvalue weighted by molar-refractivity contribution is -0.117. The third-order valence-corrected chi connectivity index (χ3v) is 3.89. The van der Waals surface area contributed by atoms with Gasteiger partial charge in [0.15, 0.2) is 0 Å². The van der Waals surface area contributed by atoms with Crippen LogP contribution in [0.3, 0.4) is 0 Å². The minimum absolute atomic E-state index is 0.329. The number of primary amides is 1. The molecule has 1 aromatic rings. The summed E-state index contributed by atoms with van der Waals surface area (Å²) in [7, 11) is 0. The van der Waals surface area contributed by atoms with Crippen LogP contribution in [0.15, 0.2) is 24.3 Å². The van der Waals surface area contributed by atoms with E-state index in [1.54, 1.807) is 36.0 Å². The number of amides is 1. The molecular formula is C13H16N2OS. The zero-order valence-electron chi connectivity index (χ0n) is 10.0. The van der Waals surface area contributed by atoms with E-state index in [1.807, 2.05) is 6.07 Å². The fourth-order valence-corrected chi connectivity index (χ4v) is 2.45. The van der Waals surface area contributed by atoms with Crippen molar-refractivity contribution in [3.63, 3.8) is 0 Å². The minimum Gasteiger partial charge on any atom is -0.368 e. The van der Waals surface area contributed by atoms with Crippen LogP contribution in [0.5, 0.6) is 0 Å². The molecule has 0 radical (unpaired) electrons. The molecule has 0 aliphatic heterocycles. The van der Waals surface area contributed by atoms with Gasteiger partial charge in [-0.15, -0.1) is 11.8 Å². The average molecular weight is 248 g/mol. The van der Waals surface area contributed by atoms with Crippen LogP contribution >= 0.6 is 11.8 Å². The number of carbonyl (C=O) groups is 1. The van der Waals surface area contributed by atoms with Gasteiger partial charge in [0.2, 0.25) is 5.91 Å². The highest BCUT2D eigenvalue weighted by atomic mass is 32.2. The molecule has 0 heterocycles. The topological polar surface area (TPSA) is 66.9 Å². The van der Waals surface area contributed by atoms with Gasteiger partial charge in [0, 0.05) is 0 Å². The average Bonchev–Trinajstić information content (AvgIpc) is 2.29. The van der Waals surface area contributed by atoms with Gasteiger partial charge < -0.3 is 5.73 Å². The Labute approximate surface area is 106 Å². The molecule has 4 heteroatoms. The van der Waals surface area contributed by atoms with Gasteiger partial charge in [-0.2, -0.15) is 5.26 Å². The molecule has 0 saturated heterocycles. The lowest BCUT2D eigenvalue weighted by Gasteiger charge is -2.14. The van der Waals surface area contributed by atoms with Crippen LogP contribution in [0.25, 0.3) is 0 Å². The van der Waals surface area contributed by atoms with E-state index in [2.05, 4.69) is 13.8 Å². The second-order valence-electron chi connectivity index (χ2n) is 4.24. The van der Waals surface area contributed by atoms with E-state index >= 15 is 0 Å². The lowest BCUT2D eigenvalue weighted by Crippen LogP contribution is -2.19. The van der Waals surface area contributed by atoms with Gasteiger partial charge in [0.25, 0.3) is 0 Å². The Morgan fingerprint density at radius 1 is 1.41 bits per heavy atom. The normalized spacial score (nSPS) is 12.1. The number of benzene rings is 1. The number of nitriles is 1. The zero-order valence-corrected chi connectivity index (χ0v) is 10.8. The maximum atomic E-state index is 11.4. The Kier molecular flexibility index (Phi) is 5.05. The molecule has 1 aromatic carbocycles. The molecule has 1 rings (SSSR count). The standard InChI is InChI=1S/C13H16N2OS/c1-9(2)8-17-12(13(15)16)11-5-3-10(7-14)4-6-11/h3-6,9,12H,8H2,1-2H3,(H2,15,16). The SMILES string of the molecule is CC(C)CSC(C(N)=O)c1ccc(C#N)cc1. The third-order valence-electron chi connectivity index (χ3n) is 2.20. The predicted octanol–water partition coefficient (Wildman–Crippen LogP) is 2.47. The summed E-state index contributed by atoms with van der Waals surface area (Å²) in [4.78, 5) is 11.4. The first kappa shape index (κ1) is 13.6. The predicted molar refractivity (Wildman–Crippen MR) is 70.4 cm³/mol. The first-order valence-corrected chi connectivity index (χ1v) is 6.50. The summed E-state index contributed by atoms with van der Waals surface area (Å²) in [5.74, 6) is 1.06. The van der Waals surface area contributed by atoms with Crippen molar-refractivity contribution in [1.82, 2.24) is 0 Å². The van der Waals surface area contributed by atoms with E-state index in [9.17, 15) is 4.79 Å². The lowest BCUT2D eigenvalue weighted by atomic mass is 10.1. The number of nitrogens with zero attached hydrogens (tertiary/aromatic N) is 1. The highest BCUT2D eigenvalue weighted by Crippen LogP contribution is 2.30. The first-order chi connectivity index (χ1) is 8.04. The first-order valence-electron chi connectivity index (χ1n) is 5.45. The van der Waals surface area contributed by atoms with Crippen molar-refractivity contribution in [3.05, 3.63) is 35.4 Å². The molecule has 1 amide bonds. The number of hydrogen-bond acceptors (Lipinski definition) is 3. The Morgan fingerprint density at radius 3 is 2.41 bits per heavy atom. The highest BCUT2D eigenvalue weighted by Gasteiger charge is 2.18. The van der Waals surface area contributed by atoms with Crippen LogP contribution in [-0.4, -0.2) is 11.7 Å². The van der Waals surface area contributed by atoms with Crippen LogP contribution in [0, 0.1) is 17.2 Å². The second kappa shape index (κ2) is 6.31. The largest absolute Gasteiger partial charge is 0.368 e. The molecule has 0 spiro atoms. The van der Waals surface area contributed by atoms with Crippen molar-refractivity contribution in [2.24, 2.45) is 11.7 Å². The van der Waals surface area contributed by atoms with Crippen LogP contribution in [0.4, 0.5) is 0 Å². The fraction of sp³-hybridized carbons (Fsp3) is 0.385. The number of rotatable bonds is 5. The molecule has 1 unspecified atom stereocenters. The molecule has 0 bridgehead atoms. The summed E-state index contributed by atoms with van der Waals surface area (Å²) in [6.45, 7) is 4.20. The molecule has 0 aromatic heterocycles. The fourth-order valence-electron chi connectivity index (χ4n) is 1.36. The second-order valence-corrected chi connectivity index (χ2v) is 5.38. The van der Waals surface area contributed by atoms with Crippen molar-refractivity contribution in [3.8, 4) is 6.07 Å². The molecule has 2 N–H and O–H groups in total. The molecule has 90 valence electrons.